The maximum Gasteiger partial charge on any atom is 0.173 e. The molecule has 1 aromatic heterocycles. The summed E-state index contributed by atoms with van der Waals surface area (Å²) in [5.74, 6) is 2.22. The Morgan fingerprint density at radius 3 is 2.18 bits per heavy atom. The molecule has 39 heavy (non-hydrogen) atoms. The summed E-state index contributed by atoms with van der Waals surface area (Å²) >= 11 is 5.91. The standard InChI is InChI=1S/C31H27N5O2S/c1-37-26-16-23-25(17-27(26)38-2)32-18-33-30(23)35-12-14-36(15-13-35)31(39)34-24-11-9-21-7-6-19-4-3-5-20-8-10-22(24)29(21)28(19)20/h3-11,16-18H,12-15H2,1-2H3,(H,34,39). The van der Waals surface area contributed by atoms with Crippen molar-refractivity contribution < 1.29 is 9.47 Å². The highest BCUT2D eigenvalue weighted by Crippen LogP contribution is 2.38. The first kappa shape index (κ1) is 23.7. The Morgan fingerprint density at radius 2 is 1.44 bits per heavy atom. The molecule has 1 N–H and O–H groups in total. The fraction of sp³-hybridized carbons (Fsp3) is 0.194. The van der Waals surface area contributed by atoms with Crippen molar-refractivity contribution in [1.82, 2.24) is 14.9 Å². The maximum atomic E-state index is 5.91. The van der Waals surface area contributed by atoms with Crippen LogP contribution in [0, 0.1) is 0 Å². The van der Waals surface area contributed by atoms with Gasteiger partial charge >= 0.3 is 0 Å². The number of nitrogens with one attached hydrogen (secondary N) is 1. The van der Waals surface area contributed by atoms with Crippen molar-refractivity contribution in [3.8, 4) is 11.5 Å². The van der Waals surface area contributed by atoms with E-state index in [1.165, 1.54) is 32.3 Å². The number of nitrogens with zero attached hydrogens (tertiary/aromatic N) is 4. The summed E-state index contributed by atoms with van der Waals surface area (Å²) in [5.41, 5.74) is 1.86. The summed E-state index contributed by atoms with van der Waals surface area (Å²) in [4.78, 5) is 13.6. The van der Waals surface area contributed by atoms with Gasteiger partial charge in [0.05, 0.1) is 19.7 Å². The molecule has 0 bridgehead atoms. The molecule has 1 saturated heterocycles. The van der Waals surface area contributed by atoms with Crippen LogP contribution in [0.5, 0.6) is 11.5 Å². The van der Waals surface area contributed by atoms with Gasteiger partial charge in [0.2, 0.25) is 0 Å². The van der Waals surface area contributed by atoms with Crippen LogP contribution in [0.3, 0.4) is 0 Å². The van der Waals surface area contributed by atoms with Gasteiger partial charge in [-0.3, -0.25) is 0 Å². The zero-order valence-electron chi connectivity index (χ0n) is 21.8. The number of anilines is 2. The van der Waals surface area contributed by atoms with E-state index in [9.17, 15) is 0 Å². The lowest BCUT2D eigenvalue weighted by atomic mass is 9.93. The minimum Gasteiger partial charge on any atom is -0.493 e. The van der Waals surface area contributed by atoms with Crippen LogP contribution in [0.4, 0.5) is 11.5 Å². The van der Waals surface area contributed by atoms with Gasteiger partial charge in [-0.15, -0.1) is 0 Å². The zero-order valence-corrected chi connectivity index (χ0v) is 22.6. The number of aromatic nitrogens is 2. The van der Waals surface area contributed by atoms with Gasteiger partial charge in [-0.25, -0.2) is 9.97 Å². The highest BCUT2D eigenvalue weighted by molar-refractivity contribution is 7.80. The summed E-state index contributed by atoms with van der Waals surface area (Å²) in [6.45, 7) is 3.16. The lowest BCUT2D eigenvalue weighted by Gasteiger charge is -2.37. The van der Waals surface area contributed by atoms with Crippen LogP contribution in [-0.2, 0) is 0 Å². The Morgan fingerprint density at radius 1 is 0.769 bits per heavy atom. The first-order valence-electron chi connectivity index (χ1n) is 13.0. The van der Waals surface area contributed by atoms with Gasteiger partial charge in [-0.1, -0.05) is 48.5 Å². The van der Waals surface area contributed by atoms with E-state index >= 15 is 0 Å². The molecule has 7 nitrogen and oxygen atoms in total. The lowest BCUT2D eigenvalue weighted by molar-refractivity contribution is 0.355. The SMILES string of the molecule is COc1cc2ncnc(N3CCN(C(=S)Nc4ccc5ccc6cccc7ccc4c5c67)CC3)c2cc1OC. The van der Waals surface area contributed by atoms with Gasteiger partial charge in [0.1, 0.15) is 12.1 Å². The van der Waals surface area contributed by atoms with Gasteiger partial charge in [0.15, 0.2) is 16.6 Å². The lowest BCUT2D eigenvalue weighted by Crippen LogP contribution is -2.50. The zero-order chi connectivity index (χ0) is 26.5. The van der Waals surface area contributed by atoms with Crippen molar-refractivity contribution in [2.75, 3.05) is 50.6 Å². The van der Waals surface area contributed by atoms with Gasteiger partial charge in [0.25, 0.3) is 0 Å². The molecule has 0 atom stereocenters. The maximum absolute atomic E-state index is 5.91. The van der Waals surface area contributed by atoms with Crippen LogP contribution in [-0.4, -0.2) is 60.4 Å². The molecule has 1 aliphatic rings. The minimum atomic E-state index is 0.655. The number of hydrogen-bond acceptors (Lipinski definition) is 6. The molecular formula is C31H27N5O2S. The molecule has 5 aromatic carbocycles. The number of ether oxygens (including phenoxy) is 2. The molecule has 7 rings (SSSR count). The van der Waals surface area contributed by atoms with E-state index in [0.717, 1.165) is 53.7 Å². The number of benzene rings is 5. The second-order valence-electron chi connectivity index (χ2n) is 9.80. The Bertz CT molecular complexity index is 1850. The van der Waals surface area contributed by atoms with Crippen LogP contribution in [0.1, 0.15) is 0 Å². The predicted octanol–water partition coefficient (Wildman–Crippen LogP) is 6.06. The van der Waals surface area contributed by atoms with Crippen molar-refractivity contribution in [2.45, 2.75) is 0 Å². The molecule has 0 saturated carbocycles. The Labute approximate surface area is 231 Å². The van der Waals surface area contributed by atoms with E-state index < -0.39 is 0 Å². The summed E-state index contributed by atoms with van der Waals surface area (Å²) in [5, 5.41) is 12.8. The number of methoxy groups -OCH3 is 2. The Balaban J connectivity index is 1.12. The smallest absolute Gasteiger partial charge is 0.173 e. The molecule has 0 aliphatic carbocycles. The predicted molar refractivity (Wildman–Crippen MR) is 163 cm³/mol. The number of hydrogen-bond donors (Lipinski definition) is 1. The van der Waals surface area contributed by atoms with E-state index in [1.54, 1.807) is 20.5 Å². The van der Waals surface area contributed by atoms with Crippen molar-refractivity contribution in [1.29, 1.82) is 0 Å². The van der Waals surface area contributed by atoms with Gasteiger partial charge < -0.3 is 24.6 Å². The molecule has 0 unspecified atom stereocenters. The third-order valence-corrected chi connectivity index (χ3v) is 8.12. The van der Waals surface area contributed by atoms with Crippen molar-refractivity contribution in [3.05, 3.63) is 73.1 Å². The van der Waals surface area contributed by atoms with Crippen molar-refractivity contribution >= 4 is 72.1 Å². The topological polar surface area (TPSA) is 62.8 Å². The highest BCUT2D eigenvalue weighted by atomic mass is 32.1. The molecule has 6 aromatic rings. The van der Waals surface area contributed by atoms with Crippen LogP contribution >= 0.6 is 12.2 Å². The number of fused-ring (bicyclic) bond motifs is 1. The van der Waals surface area contributed by atoms with Crippen molar-refractivity contribution in [2.24, 2.45) is 0 Å². The molecular weight excluding hydrogens is 506 g/mol. The molecule has 1 fully saturated rings. The third kappa shape index (κ3) is 3.90. The molecule has 194 valence electrons. The number of thiocarbonyl (C=S) groups is 1. The second kappa shape index (κ2) is 9.39. The van der Waals surface area contributed by atoms with E-state index in [2.05, 4.69) is 79.7 Å². The first-order chi connectivity index (χ1) is 19.1. The largest absolute Gasteiger partial charge is 0.493 e. The fourth-order valence-corrected chi connectivity index (χ4v) is 6.07. The van der Waals surface area contributed by atoms with Crippen LogP contribution in [0.2, 0.25) is 0 Å². The number of piperazine rings is 1. The number of rotatable bonds is 4. The first-order valence-corrected chi connectivity index (χ1v) is 13.4. The van der Waals surface area contributed by atoms with Gasteiger partial charge in [-0.2, -0.15) is 0 Å². The monoisotopic (exact) mass is 533 g/mol. The van der Waals surface area contributed by atoms with E-state index in [0.29, 0.717) is 11.5 Å². The molecule has 2 heterocycles. The third-order valence-electron chi connectivity index (χ3n) is 7.76. The highest BCUT2D eigenvalue weighted by Gasteiger charge is 2.23. The van der Waals surface area contributed by atoms with Crippen LogP contribution in [0.15, 0.2) is 73.1 Å². The quantitative estimate of drug-likeness (QED) is 0.217. The molecule has 8 heteroatoms. The van der Waals surface area contributed by atoms with E-state index in [-0.39, 0.29) is 0 Å². The molecule has 1 aliphatic heterocycles. The van der Waals surface area contributed by atoms with Gasteiger partial charge in [0, 0.05) is 48.7 Å². The molecule has 0 spiro atoms. The second-order valence-corrected chi connectivity index (χ2v) is 10.2. The van der Waals surface area contributed by atoms with E-state index in [1.807, 2.05) is 12.1 Å². The summed E-state index contributed by atoms with van der Waals surface area (Å²) in [6, 6.07) is 23.5. The normalized spacial score (nSPS) is 14.0. The van der Waals surface area contributed by atoms with Crippen LogP contribution in [0.25, 0.3) is 43.2 Å². The summed E-state index contributed by atoms with van der Waals surface area (Å²) in [7, 11) is 3.27. The fourth-order valence-electron chi connectivity index (χ4n) is 5.78. The molecule has 0 radical (unpaired) electrons. The van der Waals surface area contributed by atoms with Crippen LogP contribution < -0.4 is 19.7 Å². The van der Waals surface area contributed by atoms with E-state index in [4.69, 9.17) is 21.7 Å². The van der Waals surface area contributed by atoms with Crippen molar-refractivity contribution in [3.63, 3.8) is 0 Å². The summed E-state index contributed by atoms with van der Waals surface area (Å²) in [6.07, 6.45) is 1.61. The summed E-state index contributed by atoms with van der Waals surface area (Å²) < 4.78 is 11.0. The average molecular weight is 534 g/mol. The molecule has 0 amide bonds. The minimum absolute atomic E-state index is 0.655. The van der Waals surface area contributed by atoms with Gasteiger partial charge in [-0.05, 0) is 51.3 Å². The average Bonchev–Trinajstić information content (AvgIpc) is 2.99. The Hall–Kier alpha value is -4.43. The Kier molecular flexibility index (Phi) is 5.70.